The lowest BCUT2D eigenvalue weighted by atomic mass is 9.89. The van der Waals surface area contributed by atoms with Crippen molar-refractivity contribution >= 4 is 33.4 Å². The van der Waals surface area contributed by atoms with Crippen LogP contribution in [-0.4, -0.2) is 50.6 Å². The first-order valence-electron chi connectivity index (χ1n) is 12.1. The number of nitrogens with one attached hydrogen (secondary N) is 4. The molecule has 0 saturated carbocycles. The number of carbonyl (C=O) groups is 2. The van der Waals surface area contributed by atoms with Gasteiger partial charge in [0.1, 0.15) is 5.92 Å². The van der Waals surface area contributed by atoms with Crippen LogP contribution >= 0.6 is 0 Å². The van der Waals surface area contributed by atoms with E-state index >= 15 is 0 Å². The maximum Gasteiger partial charge on any atom is 0.232 e. The highest BCUT2D eigenvalue weighted by Crippen LogP contribution is 2.30. The first-order chi connectivity index (χ1) is 16.2. The van der Waals surface area contributed by atoms with Crippen LogP contribution in [0.15, 0.2) is 54.6 Å². The van der Waals surface area contributed by atoms with Gasteiger partial charge in [-0.3, -0.25) is 9.59 Å². The van der Waals surface area contributed by atoms with Gasteiger partial charge >= 0.3 is 0 Å². The molecule has 0 bridgehead atoms. The first kappa shape index (κ1) is 23.2. The molecule has 2 amide bonds. The second-order valence-electron chi connectivity index (χ2n) is 8.75. The highest BCUT2D eigenvalue weighted by Gasteiger charge is 2.28. The molecule has 4 N–H and O–H groups in total. The monoisotopic (exact) mass is 446 g/mol. The highest BCUT2D eigenvalue weighted by molar-refractivity contribution is 6.05. The lowest BCUT2D eigenvalue weighted by Crippen LogP contribution is -2.48. The van der Waals surface area contributed by atoms with Gasteiger partial charge in [-0.05, 0) is 65.5 Å². The molecule has 0 aromatic heterocycles. The summed E-state index contributed by atoms with van der Waals surface area (Å²) in [7, 11) is 0. The van der Waals surface area contributed by atoms with Crippen LogP contribution in [0.4, 0.5) is 0 Å². The molecule has 2 atom stereocenters. The van der Waals surface area contributed by atoms with Gasteiger partial charge in [0, 0.05) is 25.7 Å². The molecule has 1 aliphatic rings. The molecule has 2 unspecified atom stereocenters. The van der Waals surface area contributed by atoms with Crippen molar-refractivity contribution in [2.45, 2.75) is 32.2 Å². The summed E-state index contributed by atoms with van der Waals surface area (Å²) < 4.78 is 0. The van der Waals surface area contributed by atoms with E-state index in [-0.39, 0.29) is 17.9 Å². The van der Waals surface area contributed by atoms with Crippen LogP contribution in [0, 0.1) is 5.92 Å². The molecule has 0 spiro atoms. The van der Waals surface area contributed by atoms with Gasteiger partial charge in [0.05, 0.1) is 0 Å². The van der Waals surface area contributed by atoms with Crippen molar-refractivity contribution in [3.05, 3.63) is 60.2 Å². The highest BCUT2D eigenvalue weighted by atomic mass is 16.2. The SMILES string of the molecule is CCC1CNC(=O)C(Cc2c3ccccc3cc3ccccc23)C(=O)NCCNCCCN1. The molecule has 3 aromatic carbocycles. The number of benzene rings is 3. The third-order valence-corrected chi connectivity index (χ3v) is 6.50. The molecular formula is C27H34N4O2. The Bertz CT molecular complexity index is 1060. The largest absolute Gasteiger partial charge is 0.354 e. The summed E-state index contributed by atoms with van der Waals surface area (Å²) in [4.78, 5) is 26.5. The van der Waals surface area contributed by atoms with Crippen molar-refractivity contribution in [3.8, 4) is 0 Å². The molecule has 174 valence electrons. The van der Waals surface area contributed by atoms with Gasteiger partial charge in [0.15, 0.2) is 0 Å². The van der Waals surface area contributed by atoms with E-state index in [1.165, 1.54) is 0 Å². The minimum Gasteiger partial charge on any atom is -0.354 e. The van der Waals surface area contributed by atoms with E-state index in [2.05, 4.69) is 58.5 Å². The van der Waals surface area contributed by atoms with E-state index in [0.29, 0.717) is 26.1 Å². The maximum atomic E-state index is 13.3. The molecule has 33 heavy (non-hydrogen) atoms. The Morgan fingerprint density at radius 3 is 2.18 bits per heavy atom. The minimum atomic E-state index is -0.792. The molecule has 4 rings (SSSR count). The number of hydrogen-bond acceptors (Lipinski definition) is 4. The average molecular weight is 447 g/mol. The minimum absolute atomic E-state index is 0.194. The van der Waals surface area contributed by atoms with E-state index in [9.17, 15) is 9.59 Å². The Labute approximate surface area is 195 Å². The van der Waals surface area contributed by atoms with Crippen molar-refractivity contribution in [2.75, 3.05) is 32.7 Å². The van der Waals surface area contributed by atoms with Gasteiger partial charge in [0.25, 0.3) is 0 Å². The molecule has 6 heteroatoms. The second-order valence-corrected chi connectivity index (χ2v) is 8.75. The van der Waals surface area contributed by atoms with Gasteiger partial charge in [-0.25, -0.2) is 0 Å². The number of carbonyl (C=O) groups excluding carboxylic acids is 2. The normalized spacial score (nSPS) is 21.4. The Kier molecular flexibility index (Phi) is 7.92. The number of amides is 2. The van der Waals surface area contributed by atoms with Gasteiger partial charge in [-0.2, -0.15) is 0 Å². The van der Waals surface area contributed by atoms with Crippen LogP contribution in [-0.2, 0) is 16.0 Å². The summed E-state index contributed by atoms with van der Waals surface area (Å²) in [6.45, 7) is 5.62. The fourth-order valence-electron chi connectivity index (χ4n) is 4.59. The fourth-order valence-corrected chi connectivity index (χ4v) is 4.59. The summed E-state index contributed by atoms with van der Waals surface area (Å²) in [5.41, 5.74) is 1.04. The average Bonchev–Trinajstić information content (AvgIpc) is 2.84. The van der Waals surface area contributed by atoms with Crippen LogP contribution < -0.4 is 21.3 Å². The van der Waals surface area contributed by atoms with E-state index in [0.717, 1.165) is 53.0 Å². The molecule has 3 aromatic rings. The smallest absolute Gasteiger partial charge is 0.232 e. The Hall–Kier alpha value is -2.96. The van der Waals surface area contributed by atoms with Crippen molar-refractivity contribution in [1.82, 2.24) is 21.3 Å². The van der Waals surface area contributed by atoms with Gasteiger partial charge in [0.2, 0.25) is 11.8 Å². The lowest BCUT2D eigenvalue weighted by Gasteiger charge is -2.22. The maximum absolute atomic E-state index is 13.3. The zero-order chi connectivity index (χ0) is 23.0. The zero-order valence-electron chi connectivity index (χ0n) is 19.3. The molecule has 1 fully saturated rings. The third-order valence-electron chi connectivity index (χ3n) is 6.50. The summed E-state index contributed by atoms with van der Waals surface area (Å²) in [6.07, 6.45) is 2.28. The van der Waals surface area contributed by atoms with E-state index in [4.69, 9.17) is 0 Å². The molecular weight excluding hydrogens is 412 g/mol. The Morgan fingerprint density at radius 2 is 1.48 bits per heavy atom. The summed E-state index contributed by atoms with van der Waals surface area (Å²) in [6, 6.07) is 18.8. The van der Waals surface area contributed by atoms with Crippen LogP contribution in [0.1, 0.15) is 25.3 Å². The van der Waals surface area contributed by atoms with Gasteiger partial charge in [-0.15, -0.1) is 0 Å². The summed E-state index contributed by atoms with van der Waals surface area (Å²) in [5, 5.41) is 17.3. The quantitative estimate of drug-likeness (QED) is 0.368. The van der Waals surface area contributed by atoms with Crippen LogP contribution in [0.2, 0.25) is 0 Å². The molecule has 6 nitrogen and oxygen atoms in total. The fraction of sp³-hybridized carbons (Fsp3) is 0.407. The molecule has 1 saturated heterocycles. The topological polar surface area (TPSA) is 82.3 Å². The third kappa shape index (κ3) is 5.70. The van der Waals surface area contributed by atoms with Crippen LogP contribution in [0.3, 0.4) is 0 Å². The molecule has 0 aliphatic carbocycles. The van der Waals surface area contributed by atoms with Gasteiger partial charge in [-0.1, -0.05) is 55.5 Å². The van der Waals surface area contributed by atoms with Gasteiger partial charge < -0.3 is 21.3 Å². The standard InChI is InChI=1S/C27H34N4O2/c1-2-21-18-31-27(33)25(26(32)30-15-14-28-12-7-13-29-21)17-24-22-10-5-3-8-19(22)16-20-9-4-6-11-23(20)24/h3-6,8-11,16,21,25,28-29H,2,7,12-15,17-18H2,1H3,(H,30,32)(H,31,33). The van der Waals surface area contributed by atoms with Crippen molar-refractivity contribution in [1.29, 1.82) is 0 Å². The van der Waals surface area contributed by atoms with Crippen molar-refractivity contribution < 1.29 is 9.59 Å². The predicted molar refractivity (Wildman–Crippen MR) is 134 cm³/mol. The Balaban J connectivity index is 1.67. The van der Waals surface area contributed by atoms with Crippen molar-refractivity contribution in [2.24, 2.45) is 5.92 Å². The summed E-state index contributed by atoms with van der Waals surface area (Å²) >= 11 is 0. The molecule has 0 radical (unpaired) electrons. The first-order valence-corrected chi connectivity index (χ1v) is 12.1. The van der Waals surface area contributed by atoms with E-state index < -0.39 is 5.92 Å². The molecule has 1 heterocycles. The van der Waals surface area contributed by atoms with Crippen LogP contribution in [0.5, 0.6) is 0 Å². The Morgan fingerprint density at radius 1 is 0.818 bits per heavy atom. The van der Waals surface area contributed by atoms with E-state index in [1.54, 1.807) is 0 Å². The summed E-state index contributed by atoms with van der Waals surface area (Å²) in [5.74, 6) is -1.22. The molecule has 1 aliphatic heterocycles. The van der Waals surface area contributed by atoms with E-state index in [1.807, 2.05) is 24.3 Å². The van der Waals surface area contributed by atoms with Crippen LogP contribution in [0.25, 0.3) is 21.5 Å². The number of fused-ring (bicyclic) bond motifs is 2. The number of hydrogen-bond donors (Lipinski definition) is 4. The zero-order valence-corrected chi connectivity index (χ0v) is 19.3. The number of rotatable bonds is 3. The van der Waals surface area contributed by atoms with Crippen molar-refractivity contribution in [3.63, 3.8) is 0 Å². The lowest BCUT2D eigenvalue weighted by molar-refractivity contribution is -0.135. The second kappa shape index (κ2) is 11.3. The predicted octanol–water partition coefficient (Wildman–Crippen LogP) is 2.75.